The number of nitrogens with one attached hydrogen (secondary N) is 1. The second-order valence-electron chi connectivity index (χ2n) is 9.03. The summed E-state index contributed by atoms with van der Waals surface area (Å²) >= 11 is 3.43. The van der Waals surface area contributed by atoms with Crippen LogP contribution < -0.4 is 10.1 Å². The van der Waals surface area contributed by atoms with E-state index in [-0.39, 0.29) is 23.8 Å². The Hall–Kier alpha value is -2.34. The van der Waals surface area contributed by atoms with E-state index < -0.39 is 6.04 Å². The SMILES string of the molecule is CCCCNC(=O)[C@@H](C)N(Cc1ccc(Br)cc1)C(=O)COc1ccc(C(C)(C)C)cc1. The molecule has 5 nitrogen and oxygen atoms in total. The van der Waals surface area contributed by atoms with Crippen LogP contribution in [0.3, 0.4) is 0 Å². The van der Waals surface area contributed by atoms with Crippen LogP contribution in [-0.2, 0) is 21.5 Å². The summed E-state index contributed by atoms with van der Waals surface area (Å²) in [6, 6.07) is 14.9. The van der Waals surface area contributed by atoms with Crippen molar-refractivity contribution in [3.05, 3.63) is 64.1 Å². The number of hydrogen-bond donors (Lipinski definition) is 1. The highest BCUT2D eigenvalue weighted by Crippen LogP contribution is 2.24. The zero-order valence-corrected chi connectivity index (χ0v) is 21.4. The summed E-state index contributed by atoms with van der Waals surface area (Å²) in [6.07, 6.45) is 1.91. The molecule has 174 valence electrons. The largest absolute Gasteiger partial charge is 0.484 e. The highest BCUT2D eigenvalue weighted by molar-refractivity contribution is 9.10. The lowest BCUT2D eigenvalue weighted by Gasteiger charge is -2.29. The summed E-state index contributed by atoms with van der Waals surface area (Å²) in [5.74, 6) is 0.249. The van der Waals surface area contributed by atoms with Gasteiger partial charge in [-0.1, -0.05) is 74.3 Å². The monoisotopic (exact) mass is 502 g/mol. The van der Waals surface area contributed by atoms with E-state index in [1.54, 1.807) is 11.8 Å². The summed E-state index contributed by atoms with van der Waals surface area (Å²) in [7, 11) is 0. The molecule has 0 saturated carbocycles. The first kappa shape index (κ1) is 25.9. The minimum Gasteiger partial charge on any atom is -0.484 e. The third kappa shape index (κ3) is 7.97. The molecule has 32 heavy (non-hydrogen) atoms. The van der Waals surface area contributed by atoms with Crippen molar-refractivity contribution >= 4 is 27.7 Å². The van der Waals surface area contributed by atoms with Crippen molar-refractivity contribution in [2.24, 2.45) is 0 Å². The number of hydrogen-bond acceptors (Lipinski definition) is 3. The van der Waals surface area contributed by atoms with E-state index in [9.17, 15) is 9.59 Å². The molecule has 6 heteroatoms. The van der Waals surface area contributed by atoms with Crippen LogP contribution in [0.4, 0.5) is 0 Å². The molecule has 0 aliphatic rings. The second kappa shape index (κ2) is 12.0. The van der Waals surface area contributed by atoms with Gasteiger partial charge in [0.25, 0.3) is 5.91 Å². The zero-order valence-electron chi connectivity index (χ0n) is 19.8. The van der Waals surface area contributed by atoms with E-state index in [2.05, 4.69) is 48.9 Å². The normalized spacial score (nSPS) is 12.2. The van der Waals surface area contributed by atoms with E-state index in [1.807, 2.05) is 48.5 Å². The van der Waals surface area contributed by atoms with Gasteiger partial charge >= 0.3 is 0 Å². The summed E-state index contributed by atoms with van der Waals surface area (Å²) in [6.45, 7) is 11.1. The number of unbranched alkanes of at least 4 members (excludes halogenated alkanes) is 1. The number of nitrogens with zero attached hydrogens (tertiary/aromatic N) is 1. The van der Waals surface area contributed by atoms with E-state index in [0.717, 1.165) is 22.9 Å². The van der Waals surface area contributed by atoms with Gasteiger partial charge in [0.2, 0.25) is 5.91 Å². The van der Waals surface area contributed by atoms with Crippen LogP contribution in [-0.4, -0.2) is 35.9 Å². The van der Waals surface area contributed by atoms with Crippen LogP contribution in [0.1, 0.15) is 58.6 Å². The number of halogens is 1. The average molecular weight is 503 g/mol. The summed E-state index contributed by atoms with van der Waals surface area (Å²) in [5.41, 5.74) is 2.20. The van der Waals surface area contributed by atoms with Crippen molar-refractivity contribution in [3.8, 4) is 5.75 Å². The Morgan fingerprint density at radius 3 is 2.25 bits per heavy atom. The van der Waals surface area contributed by atoms with E-state index in [4.69, 9.17) is 4.74 Å². The van der Waals surface area contributed by atoms with Gasteiger partial charge in [-0.3, -0.25) is 9.59 Å². The van der Waals surface area contributed by atoms with Gasteiger partial charge in [-0.2, -0.15) is 0 Å². The lowest BCUT2D eigenvalue weighted by atomic mass is 9.87. The fourth-order valence-electron chi connectivity index (χ4n) is 3.18. The van der Waals surface area contributed by atoms with E-state index in [1.165, 1.54) is 5.56 Å². The van der Waals surface area contributed by atoms with Gasteiger partial charge in [0.1, 0.15) is 11.8 Å². The Morgan fingerprint density at radius 1 is 1.06 bits per heavy atom. The van der Waals surface area contributed by atoms with Crippen molar-refractivity contribution in [2.45, 2.75) is 65.5 Å². The van der Waals surface area contributed by atoms with Crippen molar-refractivity contribution < 1.29 is 14.3 Å². The van der Waals surface area contributed by atoms with Gasteiger partial charge in [-0.25, -0.2) is 0 Å². The maximum Gasteiger partial charge on any atom is 0.261 e. The molecule has 0 bridgehead atoms. The van der Waals surface area contributed by atoms with Gasteiger partial charge < -0.3 is 15.0 Å². The van der Waals surface area contributed by atoms with Gasteiger partial charge in [-0.15, -0.1) is 0 Å². The maximum absolute atomic E-state index is 13.1. The van der Waals surface area contributed by atoms with Crippen LogP contribution in [0.5, 0.6) is 5.75 Å². The third-order valence-electron chi connectivity index (χ3n) is 5.35. The summed E-state index contributed by atoms with van der Waals surface area (Å²) in [5, 5.41) is 2.93. The molecule has 2 rings (SSSR count). The first-order chi connectivity index (χ1) is 15.1. The number of ether oxygens (including phenoxy) is 1. The quantitative estimate of drug-likeness (QED) is 0.438. The molecule has 0 unspecified atom stereocenters. The maximum atomic E-state index is 13.1. The molecule has 2 amide bonds. The number of amides is 2. The predicted molar refractivity (Wildman–Crippen MR) is 133 cm³/mol. The minimum atomic E-state index is -0.602. The molecule has 0 aliphatic heterocycles. The van der Waals surface area contributed by atoms with E-state index >= 15 is 0 Å². The van der Waals surface area contributed by atoms with Crippen molar-refractivity contribution in [3.63, 3.8) is 0 Å². The zero-order chi connectivity index (χ0) is 23.7. The minimum absolute atomic E-state index is 0.0520. The Balaban J connectivity index is 2.09. The summed E-state index contributed by atoms with van der Waals surface area (Å²) in [4.78, 5) is 27.3. The highest BCUT2D eigenvalue weighted by Gasteiger charge is 2.26. The van der Waals surface area contributed by atoms with Crippen molar-refractivity contribution in [1.82, 2.24) is 10.2 Å². The molecule has 0 radical (unpaired) electrons. The Labute approximate surface area is 200 Å². The molecule has 2 aromatic carbocycles. The molecule has 0 aromatic heterocycles. The number of rotatable bonds is 10. The Morgan fingerprint density at radius 2 is 1.69 bits per heavy atom. The van der Waals surface area contributed by atoms with Crippen LogP contribution >= 0.6 is 15.9 Å². The lowest BCUT2D eigenvalue weighted by Crippen LogP contribution is -2.49. The Kier molecular flexibility index (Phi) is 9.76. The predicted octanol–water partition coefficient (Wildman–Crippen LogP) is 5.46. The number of carbonyl (C=O) groups is 2. The molecule has 1 atom stereocenters. The molecule has 0 saturated heterocycles. The van der Waals surface area contributed by atoms with Gasteiger partial charge in [-0.05, 0) is 54.2 Å². The molecular formula is C26H35BrN2O3. The van der Waals surface area contributed by atoms with Crippen molar-refractivity contribution in [2.75, 3.05) is 13.2 Å². The number of carbonyl (C=O) groups excluding carboxylic acids is 2. The fraction of sp³-hybridized carbons (Fsp3) is 0.462. The molecule has 2 aromatic rings. The van der Waals surface area contributed by atoms with Crippen LogP contribution in [0, 0.1) is 0 Å². The molecule has 1 N–H and O–H groups in total. The van der Waals surface area contributed by atoms with Gasteiger partial charge in [0, 0.05) is 17.6 Å². The van der Waals surface area contributed by atoms with Gasteiger partial charge in [0.15, 0.2) is 6.61 Å². The lowest BCUT2D eigenvalue weighted by molar-refractivity contribution is -0.142. The fourth-order valence-corrected chi connectivity index (χ4v) is 3.45. The van der Waals surface area contributed by atoms with Crippen LogP contribution in [0.2, 0.25) is 0 Å². The highest BCUT2D eigenvalue weighted by atomic mass is 79.9. The second-order valence-corrected chi connectivity index (χ2v) is 9.95. The topological polar surface area (TPSA) is 58.6 Å². The average Bonchev–Trinajstić information content (AvgIpc) is 2.76. The van der Waals surface area contributed by atoms with Crippen LogP contribution in [0.15, 0.2) is 53.0 Å². The van der Waals surface area contributed by atoms with Crippen LogP contribution in [0.25, 0.3) is 0 Å². The standard InChI is InChI=1S/C26H35BrN2O3/c1-6-7-16-28-25(31)19(2)29(17-20-8-12-22(27)13-9-20)24(30)18-32-23-14-10-21(11-15-23)26(3,4)5/h8-15,19H,6-7,16-18H2,1-5H3,(H,28,31)/t19-/m1/s1. The Bertz CT molecular complexity index is 873. The first-order valence-corrected chi connectivity index (χ1v) is 12.0. The van der Waals surface area contributed by atoms with E-state index in [0.29, 0.717) is 18.8 Å². The molecular weight excluding hydrogens is 468 g/mol. The van der Waals surface area contributed by atoms with Crippen molar-refractivity contribution in [1.29, 1.82) is 0 Å². The molecule has 0 aliphatic carbocycles. The first-order valence-electron chi connectivity index (χ1n) is 11.2. The molecule has 0 spiro atoms. The smallest absolute Gasteiger partial charge is 0.261 e. The molecule has 0 fully saturated rings. The summed E-state index contributed by atoms with van der Waals surface area (Å²) < 4.78 is 6.74. The van der Waals surface area contributed by atoms with Gasteiger partial charge in [0.05, 0.1) is 0 Å². The molecule has 0 heterocycles. The number of benzene rings is 2. The third-order valence-corrected chi connectivity index (χ3v) is 5.87.